The molecule has 0 saturated heterocycles. The first-order chi connectivity index (χ1) is 3.62. The number of alkyl halides is 3. The minimum absolute atomic E-state index is 1.30. The first-order valence-electron chi connectivity index (χ1n) is 1.87. The molecule has 0 unspecified atom stereocenters. The monoisotopic (exact) mass is 126 g/mol. The average Bonchev–Trinajstić information content (AvgIpc) is 2.22. The van der Waals surface area contributed by atoms with Gasteiger partial charge in [-0.25, -0.2) is 8.78 Å². The molecule has 0 bridgehead atoms. The summed E-state index contributed by atoms with van der Waals surface area (Å²) >= 11 is 0. The summed E-state index contributed by atoms with van der Waals surface area (Å²) in [5, 5.41) is 5.99. The van der Waals surface area contributed by atoms with Crippen molar-refractivity contribution >= 4 is 0 Å². The van der Waals surface area contributed by atoms with Crippen LogP contribution in [0.1, 0.15) is 6.92 Å². The highest BCUT2D eigenvalue weighted by molar-refractivity contribution is 4.72. The lowest BCUT2D eigenvalue weighted by atomic mass is 10.7. The van der Waals surface area contributed by atoms with Crippen LogP contribution >= 0.6 is 0 Å². The number of nitrogens with zero attached hydrogens (tertiary/aromatic N) is 2. The van der Waals surface area contributed by atoms with Gasteiger partial charge in [0.05, 0.1) is 0 Å². The van der Waals surface area contributed by atoms with E-state index in [0.29, 0.717) is 0 Å². The zero-order chi connectivity index (χ0) is 6.62. The van der Waals surface area contributed by atoms with Crippen molar-refractivity contribution < 1.29 is 13.2 Å². The minimum atomic E-state index is -1.75. The van der Waals surface area contributed by atoms with Crippen LogP contribution in [0.4, 0.5) is 13.2 Å². The van der Waals surface area contributed by atoms with E-state index in [0.717, 1.165) is 0 Å². The third-order valence-electron chi connectivity index (χ3n) is 0.376. The second-order valence-electron chi connectivity index (χ2n) is 1.21. The molecule has 1 aliphatic rings. The van der Waals surface area contributed by atoms with Crippen molar-refractivity contribution in [1.29, 1.82) is 0 Å². The predicted octanol–water partition coefficient (Wildman–Crippen LogP) is 1.98. The van der Waals surface area contributed by atoms with Gasteiger partial charge in [-0.05, 0) is 0 Å². The van der Waals surface area contributed by atoms with E-state index in [1.165, 1.54) is 6.92 Å². The molecule has 1 heterocycles. The van der Waals surface area contributed by atoms with Gasteiger partial charge in [0.25, 0.3) is 0 Å². The summed E-state index contributed by atoms with van der Waals surface area (Å²) in [6.07, 6.45) is 0. The van der Waals surface area contributed by atoms with Gasteiger partial charge in [-0.1, -0.05) is 0 Å². The van der Waals surface area contributed by atoms with Crippen LogP contribution in [0.2, 0.25) is 0 Å². The SMILES string of the molecule is CC1(F)N=N1.FCF. The van der Waals surface area contributed by atoms with E-state index in [2.05, 4.69) is 10.2 Å². The Morgan fingerprint density at radius 3 is 1.50 bits per heavy atom. The fourth-order valence-electron chi connectivity index (χ4n) is 0.0689. The summed E-state index contributed by atoms with van der Waals surface area (Å²) < 4.78 is 30.7. The summed E-state index contributed by atoms with van der Waals surface area (Å²) in [7, 11) is 0. The number of hydrogen-bond donors (Lipinski definition) is 0. The molecule has 0 aromatic carbocycles. The number of rotatable bonds is 0. The Morgan fingerprint density at radius 2 is 1.50 bits per heavy atom. The molecule has 0 aromatic heterocycles. The van der Waals surface area contributed by atoms with Crippen molar-refractivity contribution in [2.24, 2.45) is 10.2 Å². The molecule has 1 aliphatic heterocycles. The van der Waals surface area contributed by atoms with Gasteiger partial charge in [-0.2, -0.15) is 4.39 Å². The van der Waals surface area contributed by atoms with Crippen LogP contribution in [0.25, 0.3) is 0 Å². The fraction of sp³-hybridized carbons (Fsp3) is 1.00. The van der Waals surface area contributed by atoms with Gasteiger partial charge in [0.1, 0.15) is 0 Å². The molecule has 0 atom stereocenters. The Labute approximate surface area is 44.4 Å². The molecule has 0 fully saturated rings. The topological polar surface area (TPSA) is 24.7 Å². The molecule has 2 nitrogen and oxygen atoms in total. The van der Waals surface area contributed by atoms with Crippen molar-refractivity contribution in [1.82, 2.24) is 0 Å². The van der Waals surface area contributed by atoms with E-state index in [1.54, 1.807) is 0 Å². The average molecular weight is 126 g/mol. The normalized spacial score (nSPS) is 19.0. The van der Waals surface area contributed by atoms with Gasteiger partial charge >= 0.3 is 5.92 Å². The molecule has 0 spiro atoms. The molecule has 48 valence electrons. The van der Waals surface area contributed by atoms with Gasteiger partial charge in [0.15, 0.2) is 0 Å². The van der Waals surface area contributed by atoms with E-state index >= 15 is 0 Å². The summed E-state index contributed by atoms with van der Waals surface area (Å²) in [5.74, 6) is -1.50. The fourth-order valence-corrected chi connectivity index (χ4v) is 0.0689. The standard InChI is InChI=1S/C2H3FN2.CH2F2/c1-2(3)4-5-2;2-1-3/h1H3;1H2. The second-order valence-corrected chi connectivity index (χ2v) is 1.21. The lowest BCUT2D eigenvalue weighted by Crippen LogP contribution is -1.86. The highest BCUT2D eigenvalue weighted by atomic mass is 19.3. The predicted molar refractivity (Wildman–Crippen MR) is 21.5 cm³/mol. The van der Waals surface area contributed by atoms with Gasteiger partial charge in [0.2, 0.25) is 6.93 Å². The van der Waals surface area contributed by atoms with Gasteiger partial charge in [-0.15, -0.1) is 10.2 Å². The molecule has 1 rings (SSSR count). The molecule has 5 heteroatoms. The Balaban J connectivity index is 0.000000145. The maximum Gasteiger partial charge on any atom is 0.325 e. The van der Waals surface area contributed by atoms with Gasteiger partial charge in [0, 0.05) is 6.92 Å². The third-order valence-corrected chi connectivity index (χ3v) is 0.376. The molecule has 0 saturated carbocycles. The molecule has 0 aliphatic carbocycles. The lowest BCUT2D eigenvalue weighted by molar-refractivity contribution is 0.295. The van der Waals surface area contributed by atoms with E-state index < -0.39 is 12.8 Å². The van der Waals surface area contributed by atoms with Crippen molar-refractivity contribution in [2.75, 3.05) is 6.93 Å². The largest absolute Gasteiger partial charge is 0.325 e. The van der Waals surface area contributed by atoms with Crippen LogP contribution in [0.3, 0.4) is 0 Å². The zero-order valence-electron chi connectivity index (χ0n) is 4.24. The smallest absolute Gasteiger partial charge is 0.214 e. The molecule has 0 radical (unpaired) electrons. The van der Waals surface area contributed by atoms with E-state index in [4.69, 9.17) is 0 Å². The Kier molecular flexibility index (Phi) is 2.44. The quantitative estimate of drug-likeness (QED) is 0.443. The van der Waals surface area contributed by atoms with E-state index in [1.807, 2.05) is 0 Å². The van der Waals surface area contributed by atoms with Crippen molar-refractivity contribution in [3.8, 4) is 0 Å². The Hall–Kier alpha value is -0.610. The van der Waals surface area contributed by atoms with Gasteiger partial charge in [-0.3, -0.25) is 0 Å². The Morgan fingerprint density at radius 1 is 1.38 bits per heavy atom. The van der Waals surface area contributed by atoms with E-state index in [9.17, 15) is 13.2 Å². The minimum Gasteiger partial charge on any atom is -0.214 e. The van der Waals surface area contributed by atoms with Crippen LogP contribution < -0.4 is 0 Å². The highest BCUT2D eigenvalue weighted by Gasteiger charge is 2.32. The van der Waals surface area contributed by atoms with Crippen molar-refractivity contribution in [3.05, 3.63) is 0 Å². The molecule has 0 aromatic rings. The van der Waals surface area contributed by atoms with Crippen LogP contribution in [-0.2, 0) is 0 Å². The molecule has 8 heavy (non-hydrogen) atoms. The van der Waals surface area contributed by atoms with Gasteiger partial charge < -0.3 is 0 Å². The molecule has 0 N–H and O–H groups in total. The number of halogens is 3. The van der Waals surface area contributed by atoms with Crippen LogP contribution in [-0.4, -0.2) is 12.8 Å². The third kappa shape index (κ3) is 5.39. The zero-order valence-corrected chi connectivity index (χ0v) is 4.24. The summed E-state index contributed by atoms with van der Waals surface area (Å²) in [6.45, 7) is -0.451. The summed E-state index contributed by atoms with van der Waals surface area (Å²) in [4.78, 5) is 0. The number of hydrogen-bond acceptors (Lipinski definition) is 2. The second kappa shape index (κ2) is 2.64. The molecular formula is C3H5F3N2. The lowest BCUT2D eigenvalue weighted by Gasteiger charge is -1.74. The first-order valence-corrected chi connectivity index (χ1v) is 1.87. The van der Waals surface area contributed by atoms with E-state index in [-0.39, 0.29) is 0 Å². The summed E-state index contributed by atoms with van der Waals surface area (Å²) in [6, 6.07) is 0. The Bertz CT molecular complexity index is 82.5. The van der Waals surface area contributed by atoms with Crippen molar-refractivity contribution in [3.63, 3.8) is 0 Å². The maximum atomic E-state index is 11.5. The molecular weight excluding hydrogens is 121 g/mol. The van der Waals surface area contributed by atoms with Crippen molar-refractivity contribution in [2.45, 2.75) is 12.8 Å². The maximum absolute atomic E-state index is 11.5. The van der Waals surface area contributed by atoms with Crippen LogP contribution in [0.15, 0.2) is 10.2 Å². The van der Waals surface area contributed by atoms with Crippen LogP contribution in [0.5, 0.6) is 0 Å². The molecule has 0 amide bonds. The van der Waals surface area contributed by atoms with Crippen LogP contribution in [0, 0.1) is 0 Å². The summed E-state index contributed by atoms with van der Waals surface area (Å²) in [5.41, 5.74) is 0. The first kappa shape index (κ1) is 7.39. The highest BCUT2D eigenvalue weighted by Crippen LogP contribution is 2.27.